The van der Waals surface area contributed by atoms with Crippen LogP contribution in [-0.2, 0) is 6.42 Å². The topological polar surface area (TPSA) is 90.9 Å². The Bertz CT molecular complexity index is 930. The van der Waals surface area contributed by atoms with Gasteiger partial charge in [-0.2, -0.15) is 5.10 Å². The number of aliphatic hydroxyl groups excluding tert-OH is 1. The molecule has 0 saturated heterocycles. The van der Waals surface area contributed by atoms with Crippen LogP contribution in [0.3, 0.4) is 0 Å². The van der Waals surface area contributed by atoms with Crippen LogP contribution in [0.15, 0.2) is 42.7 Å². The lowest BCUT2D eigenvalue weighted by Gasteiger charge is -2.38. The summed E-state index contributed by atoms with van der Waals surface area (Å²) in [6.07, 6.45) is 5.20. The zero-order chi connectivity index (χ0) is 18.1. The summed E-state index contributed by atoms with van der Waals surface area (Å²) < 4.78 is 0. The summed E-state index contributed by atoms with van der Waals surface area (Å²) in [5.74, 6) is 0.0593. The highest BCUT2D eigenvalue weighted by Gasteiger charge is 2.36. The highest BCUT2D eigenvalue weighted by Crippen LogP contribution is 2.38. The molecule has 1 saturated carbocycles. The molecule has 0 aliphatic heterocycles. The lowest BCUT2D eigenvalue weighted by atomic mass is 9.75. The number of amides is 1. The molecule has 26 heavy (non-hydrogen) atoms. The van der Waals surface area contributed by atoms with Crippen molar-refractivity contribution in [2.24, 2.45) is 5.92 Å². The average Bonchev–Trinajstić information content (AvgIpc) is 3.12. The predicted molar refractivity (Wildman–Crippen MR) is 98.6 cm³/mol. The lowest BCUT2D eigenvalue weighted by Crippen LogP contribution is -2.41. The monoisotopic (exact) mass is 350 g/mol. The smallest absolute Gasteiger partial charge is 0.255 e. The molecular weight excluding hydrogens is 328 g/mol. The summed E-state index contributed by atoms with van der Waals surface area (Å²) in [5.41, 5.74) is 3.30. The van der Waals surface area contributed by atoms with Crippen LogP contribution in [0.2, 0.25) is 0 Å². The van der Waals surface area contributed by atoms with Crippen molar-refractivity contribution in [3.05, 3.63) is 59.5 Å². The number of pyridine rings is 1. The number of hydrogen-bond acceptors (Lipinski definition) is 4. The normalized spacial score (nSPS) is 20.5. The van der Waals surface area contributed by atoms with Gasteiger partial charge in [-0.15, -0.1) is 0 Å². The zero-order valence-electron chi connectivity index (χ0n) is 14.6. The Morgan fingerprint density at radius 3 is 2.92 bits per heavy atom. The molecule has 1 aliphatic carbocycles. The van der Waals surface area contributed by atoms with Crippen LogP contribution in [0.25, 0.3) is 10.9 Å². The Morgan fingerprint density at radius 1 is 1.35 bits per heavy atom. The van der Waals surface area contributed by atoms with Crippen LogP contribution in [0.1, 0.15) is 47.4 Å². The molecule has 0 bridgehead atoms. The van der Waals surface area contributed by atoms with E-state index < -0.39 is 0 Å². The van der Waals surface area contributed by atoms with Gasteiger partial charge in [0.25, 0.3) is 5.91 Å². The number of H-pyrrole nitrogens is 1. The summed E-state index contributed by atoms with van der Waals surface area (Å²) >= 11 is 0. The minimum atomic E-state index is -0.284. The molecule has 1 unspecified atom stereocenters. The molecule has 6 nitrogen and oxygen atoms in total. The molecule has 3 N–H and O–H groups in total. The van der Waals surface area contributed by atoms with Crippen molar-refractivity contribution in [1.82, 2.24) is 20.5 Å². The van der Waals surface area contributed by atoms with E-state index in [0.29, 0.717) is 24.8 Å². The number of rotatable bonds is 5. The Labute approximate surface area is 151 Å². The average molecular weight is 350 g/mol. The number of hydrogen-bond donors (Lipinski definition) is 3. The van der Waals surface area contributed by atoms with E-state index in [1.54, 1.807) is 6.20 Å². The molecule has 0 radical (unpaired) electrons. The molecule has 4 rings (SSSR count). The third-order valence-corrected chi connectivity index (χ3v) is 5.19. The largest absolute Gasteiger partial charge is 0.393 e. The van der Waals surface area contributed by atoms with Gasteiger partial charge >= 0.3 is 0 Å². The fourth-order valence-electron chi connectivity index (χ4n) is 3.63. The first-order valence-electron chi connectivity index (χ1n) is 9.01. The van der Waals surface area contributed by atoms with Gasteiger partial charge in [0.1, 0.15) is 0 Å². The number of fused-ring (bicyclic) bond motifs is 1. The SMILES string of the molecule is CCc1[nH]ncc1C(=O)NC(c1cnc2ccccc2c1)C1CC(O)C1. The number of benzene rings is 1. The standard InChI is InChI=1S/C20H22N4O2/c1-2-17-16(11-22-24-17)20(26)23-19(13-8-15(25)9-13)14-7-12-5-3-4-6-18(12)21-10-14/h3-7,10-11,13,15,19,25H,2,8-9H2,1H3,(H,22,24)(H,23,26). The summed E-state index contributed by atoms with van der Waals surface area (Å²) in [6, 6.07) is 9.83. The molecule has 6 heteroatoms. The van der Waals surface area contributed by atoms with Gasteiger partial charge in [-0.25, -0.2) is 0 Å². The molecule has 2 aromatic heterocycles. The summed E-state index contributed by atoms with van der Waals surface area (Å²) in [5, 5.41) is 20.8. The van der Waals surface area contributed by atoms with Crippen molar-refractivity contribution in [3.63, 3.8) is 0 Å². The van der Waals surface area contributed by atoms with E-state index in [9.17, 15) is 9.90 Å². The van der Waals surface area contributed by atoms with Crippen LogP contribution in [0.5, 0.6) is 0 Å². The Balaban J connectivity index is 1.64. The Morgan fingerprint density at radius 2 is 2.15 bits per heavy atom. The van der Waals surface area contributed by atoms with Crippen LogP contribution in [0.4, 0.5) is 0 Å². The highest BCUT2D eigenvalue weighted by molar-refractivity contribution is 5.95. The molecule has 3 aromatic rings. The van der Waals surface area contributed by atoms with Crippen LogP contribution in [-0.4, -0.2) is 32.3 Å². The summed E-state index contributed by atoms with van der Waals surface area (Å²) in [4.78, 5) is 17.3. The molecule has 134 valence electrons. The summed E-state index contributed by atoms with van der Waals surface area (Å²) in [6.45, 7) is 1.98. The quantitative estimate of drug-likeness (QED) is 0.660. The Kier molecular flexibility index (Phi) is 4.42. The lowest BCUT2D eigenvalue weighted by molar-refractivity contribution is 0.0235. The van der Waals surface area contributed by atoms with Crippen LogP contribution < -0.4 is 5.32 Å². The van der Waals surface area contributed by atoms with Crippen molar-refractivity contribution in [3.8, 4) is 0 Å². The number of nitrogens with zero attached hydrogens (tertiary/aromatic N) is 2. The highest BCUT2D eigenvalue weighted by atomic mass is 16.3. The number of carbonyl (C=O) groups is 1. The first-order chi connectivity index (χ1) is 12.7. The van der Waals surface area contributed by atoms with Gasteiger partial charge in [-0.1, -0.05) is 25.1 Å². The second-order valence-corrected chi connectivity index (χ2v) is 6.91. The molecule has 1 aliphatic rings. The van der Waals surface area contributed by atoms with Gasteiger partial charge in [-0.05, 0) is 42.9 Å². The third kappa shape index (κ3) is 3.08. The number of para-hydroxylation sites is 1. The fraction of sp³-hybridized carbons (Fsp3) is 0.350. The van der Waals surface area contributed by atoms with Crippen molar-refractivity contribution in [2.75, 3.05) is 0 Å². The molecule has 1 amide bonds. The Hall–Kier alpha value is -2.73. The number of nitrogens with one attached hydrogen (secondary N) is 2. The van der Waals surface area contributed by atoms with Gasteiger partial charge in [0.05, 0.1) is 29.4 Å². The fourth-order valence-corrected chi connectivity index (χ4v) is 3.63. The van der Waals surface area contributed by atoms with E-state index in [-0.39, 0.29) is 24.0 Å². The van der Waals surface area contributed by atoms with E-state index in [2.05, 4.69) is 26.6 Å². The van der Waals surface area contributed by atoms with E-state index in [0.717, 1.165) is 22.2 Å². The number of aromatic amines is 1. The van der Waals surface area contributed by atoms with Gasteiger partial charge < -0.3 is 10.4 Å². The van der Waals surface area contributed by atoms with E-state index in [1.165, 1.54) is 0 Å². The number of carbonyl (C=O) groups excluding carboxylic acids is 1. The van der Waals surface area contributed by atoms with Crippen molar-refractivity contribution >= 4 is 16.8 Å². The molecule has 1 aromatic carbocycles. The van der Waals surface area contributed by atoms with Gasteiger partial charge in [0.15, 0.2) is 0 Å². The van der Waals surface area contributed by atoms with Crippen molar-refractivity contribution in [1.29, 1.82) is 0 Å². The predicted octanol–water partition coefficient (Wildman–Crippen LogP) is 2.76. The van der Waals surface area contributed by atoms with Gasteiger partial charge in [0, 0.05) is 17.3 Å². The van der Waals surface area contributed by atoms with E-state index >= 15 is 0 Å². The van der Waals surface area contributed by atoms with Crippen LogP contribution in [0, 0.1) is 5.92 Å². The summed E-state index contributed by atoms with van der Waals surface area (Å²) in [7, 11) is 0. The third-order valence-electron chi connectivity index (χ3n) is 5.19. The first-order valence-corrected chi connectivity index (χ1v) is 9.01. The zero-order valence-corrected chi connectivity index (χ0v) is 14.6. The van der Waals surface area contributed by atoms with E-state index in [1.807, 2.05) is 37.4 Å². The molecule has 2 heterocycles. The minimum Gasteiger partial charge on any atom is -0.393 e. The first kappa shape index (κ1) is 16.7. The number of aliphatic hydroxyl groups is 1. The maximum absolute atomic E-state index is 12.8. The van der Waals surface area contributed by atoms with Crippen LogP contribution >= 0.6 is 0 Å². The molecule has 0 spiro atoms. The van der Waals surface area contributed by atoms with Crippen molar-refractivity contribution < 1.29 is 9.90 Å². The number of aryl methyl sites for hydroxylation is 1. The molecule has 1 atom stereocenters. The van der Waals surface area contributed by atoms with E-state index in [4.69, 9.17) is 0 Å². The van der Waals surface area contributed by atoms with Crippen molar-refractivity contribution in [2.45, 2.75) is 38.3 Å². The maximum atomic E-state index is 12.8. The minimum absolute atomic E-state index is 0.143. The van der Waals surface area contributed by atoms with Gasteiger partial charge in [-0.3, -0.25) is 14.9 Å². The second kappa shape index (κ2) is 6.88. The maximum Gasteiger partial charge on any atom is 0.255 e. The second-order valence-electron chi connectivity index (χ2n) is 6.91. The van der Waals surface area contributed by atoms with Gasteiger partial charge in [0.2, 0.25) is 0 Å². The number of aromatic nitrogens is 3. The molecule has 1 fully saturated rings. The molecular formula is C20H22N4O2.